The third-order valence-electron chi connectivity index (χ3n) is 1.81. The Bertz CT molecular complexity index is 407. The third-order valence-corrected chi connectivity index (χ3v) is 2.43. The Morgan fingerprint density at radius 3 is 2.57 bits per heavy atom. The molecular weight excluding hydrogens is 217 g/mol. The summed E-state index contributed by atoms with van der Waals surface area (Å²) in [6, 6.07) is 7.75. The zero-order valence-electron chi connectivity index (χ0n) is 8.27. The van der Waals surface area contributed by atoms with Gasteiger partial charge in [0.2, 0.25) is 0 Å². The Morgan fingerprint density at radius 1 is 1.29 bits per heavy atom. The summed E-state index contributed by atoms with van der Waals surface area (Å²) in [6.45, 7) is 4.00. The smallest absolute Gasteiger partial charge is 0.0625 e. The Kier molecular flexibility index (Phi) is 4.30. The largest absolute Gasteiger partial charge is 0.357 e. The number of alkyl halides is 1. The van der Waals surface area contributed by atoms with E-state index in [9.17, 15) is 0 Å². The van der Waals surface area contributed by atoms with E-state index in [-0.39, 0.29) is 0 Å². The van der Waals surface area contributed by atoms with Crippen LogP contribution in [0.2, 0.25) is 5.02 Å². The molecule has 0 saturated carbocycles. The number of aromatic amines is 1. The van der Waals surface area contributed by atoms with E-state index in [1.54, 1.807) is 0 Å². The van der Waals surface area contributed by atoms with E-state index in [0.717, 1.165) is 21.6 Å². The molecule has 0 amide bonds. The second kappa shape index (κ2) is 5.28. The molecule has 3 heteroatoms. The van der Waals surface area contributed by atoms with Crippen molar-refractivity contribution in [3.05, 3.63) is 35.0 Å². The Hall–Kier alpha value is -0.660. The summed E-state index contributed by atoms with van der Waals surface area (Å²) in [5.41, 5.74) is 2.04. The quantitative estimate of drug-likeness (QED) is 0.690. The summed E-state index contributed by atoms with van der Waals surface area (Å²) in [6.07, 6.45) is 0. The summed E-state index contributed by atoms with van der Waals surface area (Å²) in [5, 5.41) is 1.80. The maximum Gasteiger partial charge on any atom is 0.0625 e. The highest BCUT2D eigenvalue weighted by atomic mass is 35.5. The fraction of sp³-hybridized carbons (Fsp3) is 0.273. The van der Waals surface area contributed by atoms with Gasteiger partial charge in [0.15, 0.2) is 0 Å². The molecular formula is C11H13Cl2N. The molecule has 0 atom stereocenters. The van der Waals surface area contributed by atoms with Crippen LogP contribution in [0, 0.1) is 0 Å². The average molecular weight is 230 g/mol. The second-order valence-corrected chi connectivity index (χ2v) is 3.30. The topological polar surface area (TPSA) is 15.8 Å². The van der Waals surface area contributed by atoms with Gasteiger partial charge in [-0.25, -0.2) is 0 Å². The van der Waals surface area contributed by atoms with E-state index in [2.05, 4.69) is 4.98 Å². The SMILES string of the molecule is CC.ClCc1cc2c(Cl)cccc2[nH]1. The van der Waals surface area contributed by atoms with Gasteiger partial charge in [-0.2, -0.15) is 0 Å². The van der Waals surface area contributed by atoms with Crippen molar-refractivity contribution in [2.45, 2.75) is 19.7 Å². The van der Waals surface area contributed by atoms with E-state index < -0.39 is 0 Å². The highest BCUT2D eigenvalue weighted by Gasteiger charge is 2.01. The predicted molar refractivity (Wildman–Crippen MR) is 64.2 cm³/mol. The Morgan fingerprint density at radius 2 is 2.00 bits per heavy atom. The van der Waals surface area contributed by atoms with Crippen LogP contribution in [0.1, 0.15) is 19.5 Å². The highest BCUT2D eigenvalue weighted by molar-refractivity contribution is 6.35. The zero-order chi connectivity index (χ0) is 10.6. The first-order valence-electron chi connectivity index (χ1n) is 4.63. The van der Waals surface area contributed by atoms with Crippen LogP contribution in [-0.2, 0) is 5.88 Å². The maximum atomic E-state index is 5.96. The van der Waals surface area contributed by atoms with Gasteiger partial charge < -0.3 is 4.98 Å². The van der Waals surface area contributed by atoms with Crippen LogP contribution in [0.3, 0.4) is 0 Å². The zero-order valence-corrected chi connectivity index (χ0v) is 9.78. The van der Waals surface area contributed by atoms with Gasteiger partial charge in [0.25, 0.3) is 0 Å². The molecule has 1 aromatic heterocycles. The minimum atomic E-state index is 0.491. The summed E-state index contributed by atoms with van der Waals surface area (Å²) < 4.78 is 0. The second-order valence-electron chi connectivity index (χ2n) is 2.63. The number of fused-ring (bicyclic) bond motifs is 1. The molecule has 0 aliphatic heterocycles. The molecule has 2 aromatic rings. The van der Waals surface area contributed by atoms with Gasteiger partial charge in [-0.1, -0.05) is 31.5 Å². The van der Waals surface area contributed by atoms with Crippen molar-refractivity contribution in [1.82, 2.24) is 4.98 Å². The van der Waals surface area contributed by atoms with Crippen LogP contribution in [0.5, 0.6) is 0 Å². The lowest BCUT2D eigenvalue weighted by Gasteiger charge is -1.89. The average Bonchev–Trinajstić information content (AvgIpc) is 2.65. The number of rotatable bonds is 1. The van der Waals surface area contributed by atoms with Gasteiger partial charge in [0.1, 0.15) is 0 Å². The maximum absolute atomic E-state index is 5.96. The third kappa shape index (κ3) is 2.23. The predicted octanol–water partition coefficient (Wildman–Crippen LogP) is 4.59. The first-order valence-corrected chi connectivity index (χ1v) is 5.54. The first-order chi connectivity index (χ1) is 6.81. The van der Waals surface area contributed by atoms with Crippen LogP contribution in [0.25, 0.3) is 10.9 Å². The molecule has 0 aliphatic carbocycles. The monoisotopic (exact) mass is 229 g/mol. The molecule has 0 radical (unpaired) electrons. The molecule has 14 heavy (non-hydrogen) atoms. The number of benzene rings is 1. The van der Waals surface area contributed by atoms with Crippen LogP contribution in [0.15, 0.2) is 24.3 Å². The lowest BCUT2D eigenvalue weighted by atomic mass is 10.2. The van der Waals surface area contributed by atoms with Crippen LogP contribution in [0.4, 0.5) is 0 Å². The number of nitrogens with one attached hydrogen (secondary N) is 1. The standard InChI is InChI=1S/C9H7Cl2N.C2H6/c10-5-6-4-7-8(11)2-1-3-9(7)12-6;1-2/h1-4,12H,5H2;1-2H3. The van der Waals surface area contributed by atoms with Crippen molar-refractivity contribution < 1.29 is 0 Å². The molecule has 0 fully saturated rings. The summed E-state index contributed by atoms with van der Waals surface area (Å²) >= 11 is 11.6. The Labute approximate surface area is 94.0 Å². The molecule has 1 N–H and O–H groups in total. The number of H-pyrrole nitrogens is 1. The first kappa shape index (κ1) is 11.4. The van der Waals surface area contributed by atoms with Crippen molar-refractivity contribution in [3.63, 3.8) is 0 Å². The molecule has 76 valence electrons. The number of halogens is 2. The van der Waals surface area contributed by atoms with E-state index in [1.807, 2.05) is 38.1 Å². The molecule has 1 aromatic carbocycles. The molecule has 0 bridgehead atoms. The molecule has 0 spiro atoms. The van der Waals surface area contributed by atoms with E-state index in [0.29, 0.717) is 5.88 Å². The summed E-state index contributed by atoms with van der Waals surface area (Å²) in [7, 11) is 0. The van der Waals surface area contributed by atoms with Gasteiger partial charge in [0.05, 0.1) is 5.88 Å². The number of hydrogen-bond donors (Lipinski definition) is 1. The number of aromatic nitrogens is 1. The fourth-order valence-electron chi connectivity index (χ4n) is 1.25. The van der Waals surface area contributed by atoms with Gasteiger partial charge in [0, 0.05) is 21.6 Å². The molecule has 1 heterocycles. The van der Waals surface area contributed by atoms with Crippen molar-refractivity contribution in [2.75, 3.05) is 0 Å². The normalized spacial score (nSPS) is 9.71. The van der Waals surface area contributed by atoms with E-state index in [4.69, 9.17) is 23.2 Å². The van der Waals surface area contributed by atoms with Gasteiger partial charge >= 0.3 is 0 Å². The van der Waals surface area contributed by atoms with Crippen molar-refractivity contribution >= 4 is 34.1 Å². The lowest BCUT2D eigenvalue weighted by Crippen LogP contribution is -1.72. The number of hydrogen-bond acceptors (Lipinski definition) is 0. The minimum absolute atomic E-state index is 0.491. The minimum Gasteiger partial charge on any atom is -0.357 e. The molecule has 0 saturated heterocycles. The van der Waals surface area contributed by atoms with Gasteiger partial charge in [-0.3, -0.25) is 0 Å². The molecule has 0 unspecified atom stereocenters. The van der Waals surface area contributed by atoms with Crippen molar-refractivity contribution in [3.8, 4) is 0 Å². The molecule has 2 rings (SSSR count). The van der Waals surface area contributed by atoms with Gasteiger partial charge in [-0.15, -0.1) is 11.6 Å². The highest BCUT2D eigenvalue weighted by Crippen LogP contribution is 2.24. The van der Waals surface area contributed by atoms with E-state index in [1.165, 1.54) is 0 Å². The summed E-state index contributed by atoms with van der Waals surface area (Å²) in [4.78, 5) is 3.17. The summed E-state index contributed by atoms with van der Waals surface area (Å²) in [5.74, 6) is 0.491. The van der Waals surface area contributed by atoms with Crippen LogP contribution >= 0.6 is 23.2 Å². The van der Waals surface area contributed by atoms with Crippen LogP contribution < -0.4 is 0 Å². The van der Waals surface area contributed by atoms with E-state index >= 15 is 0 Å². The Balaban J connectivity index is 0.000000461. The lowest BCUT2D eigenvalue weighted by molar-refractivity contribution is 1.26. The molecule has 1 nitrogen and oxygen atoms in total. The van der Waals surface area contributed by atoms with Crippen molar-refractivity contribution in [1.29, 1.82) is 0 Å². The molecule has 0 aliphatic rings. The van der Waals surface area contributed by atoms with Crippen LogP contribution in [-0.4, -0.2) is 4.98 Å². The fourth-order valence-corrected chi connectivity index (χ4v) is 1.62. The van der Waals surface area contributed by atoms with Crippen molar-refractivity contribution in [2.24, 2.45) is 0 Å². The van der Waals surface area contributed by atoms with Gasteiger partial charge in [-0.05, 0) is 18.2 Å².